The molecule has 0 aliphatic carbocycles. The maximum absolute atomic E-state index is 5.98. The van der Waals surface area contributed by atoms with E-state index < -0.39 is 5.79 Å². The third-order valence-corrected chi connectivity index (χ3v) is 3.31. The predicted octanol–water partition coefficient (Wildman–Crippen LogP) is 3.13. The Morgan fingerprint density at radius 2 is 1.94 bits per heavy atom. The van der Waals surface area contributed by atoms with Crippen LogP contribution in [0.25, 0.3) is 0 Å². The van der Waals surface area contributed by atoms with E-state index in [4.69, 9.17) is 14.2 Å². The van der Waals surface area contributed by atoms with E-state index in [9.17, 15) is 0 Å². The van der Waals surface area contributed by atoms with Crippen molar-refractivity contribution in [3.8, 4) is 0 Å². The van der Waals surface area contributed by atoms with Crippen LogP contribution in [0.5, 0.6) is 0 Å². The van der Waals surface area contributed by atoms with Crippen LogP contribution in [0.4, 0.5) is 0 Å². The van der Waals surface area contributed by atoms with Crippen LogP contribution in [0.15, 0.2) is 30.3 Å². The largest absolute Gasteiger partial charge is 0.374 e. The molecule has 0 amide bonds. The van der Waals surface area contributed by atoms with E-state index in [2.05, 4.69) is 19.1 Å². The molecule has 3 nitrogen and oxygen atoms in total. The molecule has 2 atom stereocenters. The first-order valence-electron chi connectivity index (χ1n) is 6.51. The van der Waals surface area contributed by atoms with Gasteiger partial charge in [0, 0.05) is 0 Å². The van der Waals surface area contributed by atoms with Crippen molar-refractivity contribution in [1.29, 1.82) is 0 Å². The fourth-order valence-electron chi connectivity index (χ4n) is 2.09. The third-order valence-electron chi connectivity index (χ3n) is 3.31. The first-order chi connectivity index (χ1) is 8.55. The molecule has 1 aromatic rings. The van der Waals surface area contributed by atoms with Crippen LogP contribution in [-0.2, 0) is 20.8 Å². The van der Waals surface area contributed by atoms with Gasteiger partial charge in [0.15, 0.2) is 5.79 Å². The summed E-state index contributed by atoms with van der Waals surface area (Å²) in [5.41, 5.74) is 0.845. The number of hydrogen-bond donors (Lipinski definition) is 0. The fraction of sp³-hybridized carbons (Fsp3) is 0.600. The van der Waals surface area contributed by atoms with E-state index >= 15 is 0 Å². The van der Waals surface area contributed by atoms with Crippen molar-refractivity contribution < 1.29 is 14.2 Å². The molecule has 0 bridgehead atoms. The molecule has 0 spiro atoms. The average Bonchev–Trinajstić information content (AvgIpc) is 2.68. The minimum absolute atomic E-state index is 0.334. The highest BCUT2D eigenvalue weighted by Crippen LogP contribution is 2.33. The Labute approximate surface area is 109 Å². The molecule has 2 unspecified atom stereocenters. The maximum atomic E-state index is 5.98. The van der Waals surface area contributed by atoms with Crippen LogP contribution in [-0.4, -0.2) is 24.6 Å². The molecule has 2 rings (SSSR count). The summed E-state index contributed by atoms with van der Waals surface area (Å²) < 4.78 is 17.4. The van der Waals surface area contributed by atoms with E-state index in [0.717, 1.165) is 6.42 Å². The molecule has 18 heavy (non-hydrogen) atoms. The Morgan fingerprint density at radius 3 is 2.56 bits per heavy atom. The second kappa shape index (κ2) is 5.39. The van der Waals surface area contributed by atoms with Gasteiger partial charge in [-0.3, -0.25) is 0 Å². The van der Waals surface area contributed by atoms with Gasteiger partial charge in [0.05, 0.1) is 19.8 Å². The second-order valence-electron chi connectivity index (χ2n) is 5.31. The van der Waals surface area contributed by atoms with Crippen LogP contribution < -0.4 is 0 Å². The molecule has 1 saturated heterocycles. The Hall–Kier alpha value is -0.900. The number of ether oxygens (including phenoxy) is 3. The zero-order valence-electron chi connectivity index (χ0n) is 11.4. The minimum Gasteiger partial charge on any atom is -0.374 e. The Bertz CT molecular complexity index is 379. The van der Waals surface area contributed by atoms with E-state index in [1.807, 2.05) is 32.0 Å². The molecule has 0 saturated carbocycles. The van der Waals surface area contributed by atoms with Crippen molar-refractivity contribution in [2.24, 2.45) is 0 Å². The molecule has 0 N–H and O–H groups in total. The summed E-state index contributed by atoms with van der Waals surface area (Å²) in [6.07, 6.45) is 0.848. The van der Waals surface area contributed by atoms with Crippen molar-refractivity contribution in [1.82, 2.24) is 0 Å². The molecule has 0 radical (unpaired) electrons. The summed E-state index contributed by atoms with van der Waals surface area (Å²) in [4.78, 5) is 0. The van der Waals surface area contributed by atoms with E-state index in [0.29, 0.717) is 19.8 Å². The van der Waals surface area contributed by atoms with Crippen LogP contribution >= 0.6 is 0 Å². The summed E-state index contributed by atoms with van der Waals surface area (Å²) in [5, 5.41) is 0. The van der Waals surface area contributed by atoms with Gasteiger partial charge < -0.3 is 14.2 Å². The molecular formula is C15H22O3. The normalized spacial score (nSPS) is 31.7. The summed E-state index contributed by atoms with van der Waals surface area (Å²) >= 11 is 0. The van der Waals surface area contributed by atoms with Crippen molar-refractivity contribution in [2.75, 3.05) is 13.2 Å². The monoisotopic (exact) mass is 250 g/mol. The van der Waals surface area contributed by atoms with Gasteiger partial charge in [0.1, 0.15) is 5.60 Å². The smallest absolute Gasteiger partial charge is 0.166 e. The Morgan fingerprint density at radius 1 is 1.22 bits per heavy atom. The lowest BCUT2D eigenvalue weighted by atomic mass is 10.1. The van der Waals surface area contributed by atoms with Gasteiger partial charge in [-0.05, 0) is 25.8 Å². The molecule has 1 heterocycles. The van der Waals surface area contributed by atoms with Crippen LogP contribution in [0, 0.1) is 0 Å². The van der Waals surface area contributed by atoms with Gasteiger partial charge in [-0.25, -0.2) is 0 Å². The highest BCUT2D eigenvalue weighted by atomic mass is 16.8. The standard InChI is InChI=1S/C15H22O3/c1-4-15(3)17-12-14(2,18-15)11-16-10-13-8-6-5-7-9-13/h5-9H,4,10-12H2,1-3H3. The van der Waals surface area contributed by atoms with Gasteiger partial charge in [-0.2, -0.15) is 0 Å². The van der Waals surface area contributed by atoms with Crippen LogP contribution in [0.2, 0.25) is 0 Å². The fourth-order valence-corrected chi connectivity index (χ4v) is 2.09. The van der Waals surface area contributed by atoms with Gasteiger partial charge in [0.2, 0.25) is 0 Å². The van der Waals surface area contributed by atoms with E-state index in [-0.39, 0.29) is 5.60 Å². The lowest BCUT2D eigenvalue weighted by Gasteiger charge is -2.26. The van der Waals surface area contributed by atoms with Gasteiger partial charge in [0.25, 0.3) is 0 Å². The van der Waals surface area contributed by atoms with E-state index in [1.165, 1.54) is 5.56 Å². The van der Waals surface area contributed by atoms with Crippen molar-refractivity contribution in [2.45, 2.75) is 45.2 Å². The summed E-state index contributed by atoms with van der Waals surface area (Å²) in [6, 6.07) is 10.2. The first kappa shape index (κ1) is 13.5. The average molecular weight is 250 g/mol. The lowest BCUT2D eigenvalue weighted by molar-refractivity contribution is -0.183. The van der Waals surface area contributed by atoms with E-state index in [1.54, 1.807) is 0 Å². The molecule has 1 aliphatic heterocycles. The zero-order chi connectivity index (χ0) is 13.1. The molecular weight excluding hydrogens is 228 g/mol. The minimum atomic E-state index is -0.454. The van der Waals surface area contributed by atoms with Gasteiger partial charge in [-0.15, -0.1) is 0 Å². The summed E-state index contributed by atoms with van der Waals surface area (Å²) in [5.74, 6) is -0.454. The van der Waals surface area contributed by atoms with Crippen molar-refractivity contribution in [3.63, 3.8) is 0 Å². The summed E-state index contributed by atoms with van der Waals surface area (Å²) in [7, 11) is 0. The molecule has 1 aliphatic rings. The SMILES string of the molecule is CCC1(C)OCC(C)(COCc2ccccc2)O1. The maximum Gasteiger partial charge on any atom is 0.166 e. The van der Waals surface area contributed by atoms with Crippen LogP contribution in [0.3, 0.4) is 0 Å². The second-order valence-corrected chi connectivity index (χ2v) is 5.31. The number of benzene rings is 1. The number of rotatable bonds is 5. The first-order valence-corrected chi connectivity index (χ1v) is 6.51. The number of hydrogen-bond acceptors (Lipinski definition) is 3. The van der Waals surface area contributed by atoms with Gasteiger partial charge >= 0.3 is 0 Å². The van der Waals surface area contributed by atoms with Gasteiger partial charge in [-0.1, -0.05) is 37.3 Å². The lowest BCUT2D eigenvalue weighted by Crippen LogP contribution is -2.36. The van der Waals surface area contributed by atoms with Crippen molar-refractivity contribution >= 4 is 0 Å². The topological polar surface area (TPSA) is 27.7 Å². The van der Waals surface area contributed by atoms with Crippen LogP contribution in [0.1, 0.15) is 32.8 Å². The van der Waals surface area contributed by atoms with Crippen molar-refractivity contribution in [3.05, 3.63) is 35.9 Å². The highest BCUT2D eigenvalue weighted by molar-refractivity contribution is 5.13. The quantitative estimate of drug-likeness (QED) is 0.803. The Balaban J connectivity index is 1.80. The molecule has 0 aromatic heterocycles. The zero-order valence-corrected chi connectivity index (χ0v) is 11.4. The predicted molar refractivity (Wildman–Crippen MR) is 70.2 cm³/mol. The molecule has 1 aromatic carbocycles. The molecule has 3 heteroatoms. The third kappa shape index (κ3) is 3.31. The summed E-state index contributed by atoms with van der Waals surface area (Å²) in [6.45, 7) is 7.84. The molecule has 100 valence electrons. The highest BCUT2D eigenvalue weighted by Gasteiger charge is 2.43. The molecule has 1 fully saturated rings. The Kier molecular flexibility index (Phi) is 4.05.